The van der Waals surface area contributed by atoms with Gasteiger partial charge < -0.3 is 10.4 Å². The number of carbonyl (C=O) groups is 2. The zero-order valence-corrected chi connectivity index (χ0v) is 11.4. The van der Waals surface area contributed by atoms with E-state index < -0.39 is 11.9 Å². The van der Waals surface area contributed by atoms with Gasteiger partial charge in [-0.1, -0.05) is 23.2 Å². The first-order valence-electron chi connectivity index (χ1n) is 5.44. The molecule has 0 fully saturated rings. The fraction of sp³-hybridized carbons (Fsp3) is 0. The lowest BCUT2D eigenvalue weighted by Gasteiger charge is -2.08. The van der Waals surface area contributed by atoms with E-state index in [0.29, 0.717) is 10.7 Å². The van der Waals surface area contributed by atoms with Gasteiger partial charge in [0.1, 0.15) is 0 Å². The van der Waals surface area contributed by atoms with Crippen LogP contribution in [0.15, 0.2) is 36.5 Å². The van der Waals surface area contributed by atoms with E-state index in [0.717, 1.165) is 0 Å². The molecular weight excluding hydrogens is 303 g/mol. The average molecular weight is 311 g/mol. The summed E-state index contributed by atoms with van der Waals surface area (Å²) in [7, 11) is 0. The molecule has 2 aromatic rings. The van der Waals surface area contributed by atoms with Gasteiger partial charge in [0.2, 0.25) is 0 Å². The van der Waals surface area contributed by atoms with E-state index >= 15 is 0 Å². The monoisotopic (exact) mass is 310 g/mol. The molecule has 1 heterocycles. The van der Waals surface area contributed by atoms with Crippen LogP contribution in [0.25, 0.3) is 0 Å². The molecule has 7 heteroatoms. The number of carbonyl (C=O) groups excluding carboxylic acids is 1. The number of nitrogens with one attached hydrogen (secondary N) is 1. The van der Waals surface area contributed by atoms with Crippen molar-refractivity contribution in [1.82, 2.24) is 4.98 Å². The second-order valence-electron chi connectivity index (χ2n) is 3.78. The third-order valence-corrected chi connectivity index (χ3v) is 2.98. The molecule has 0 bridgehead atoms. The Morgan fingerprint density at radius 1 is 1.20 bits per heavy atom. The maximum absolute atomic E-state index is 12.1. The number of carboxylic acid groups (broad SMARTS) is 1. The predicted octanol–water partition coefficient (Wildman–Crippen LogP) is 3.34. The molecule has 2 rings (SSSR count). The van der Waals surface area contributed by atoms with Crippen molar-refractivity contribution in [3.05, 3.63) is 57.8 Å². The Balaban J connectivity index is 2.31. The molecule has 0 spiro atoms. The van der Waals surface area contributed by atoms with Crippen LogP contribution in [-0.2, 0) is 0 Å². The van der Waals surface area contributed by atoms with Crippen LogP contribution in [-0.4, -0.2) is 22.0 Å². The van der Waals surface area contributed by atoms with E-state index in [9.17, 15) is 9.59 Å². The van der Waals surface area contributed by atoms with Crippen LogP contribution in [0.2, 0.25) is 10.0 Å². The van der Waals surface area contributed by atoms with Crippen molar-refractivity contribution in [2.45, 2.75) is 0 Å². The number of hydrogen-bond acceptors (Lipinski definition) is 3. The number of nitrogens with zero attached hydrogens (tertiary/aromatic N) is 1. The number of aromatic nitrogens is 1. The van der Waals surface area contributed by atoms with Crippen LogP contribution in [0.3, 0.4) is 0 Å². The number of amides is 1. The summed E-state index contributed by atoms with van der Waals surface area (Å²) in [5.74, 6) is -1.89. The van der Waals surface area contributed by atoms with E-state index in [1.165, 1.54) is 30.5 Å². The second-order valence-corrected chi connectivity index (χ2v) is 4.63. The number of anilines is 1. The van der Waals surface area contributed by atoms with Crippen molar-refractivity contribution >= 4 is 40.8 Å². The van der Waals surface area contributed by atoms with Crippen molar-refractivity contribution in [2.75, 3.05) is 5.32 Å². The highest BCUT2D eigenvalue weighted by atomic mass is 35.5. The van der Waals surface area contributed by atoms with Gasteiger partial charge in [0, 0.05) is 11.2 Å². The molecule has 5 nitrogen and oxygen atoms in total. The molecule has 0 saturated heterocycles. The lowest BCUT2D eigenvalue weighted by molar-refractivity contribution is 0.0686. The third kappa shape index (κ3) is 3.07. The van der Waals surface area contributed by atoms with Crippen LogP contribution < -0.4 is 5.32 Å². The summed E-state index contributed by atoms with van der Waals surface area (Å²) in [5.41, 5.74) is -0.0395. The largest absolute Gasteiger partial charge is 0.476 e. The smallest absolute Gasteiger partial charge is 0.355 e. The Kier molecular flexibility index (Phi) is 4.22. The summed E-state index contributed by atoms with van der Waals surface area (Å²) in [6.45, 7) is 0. The quantitative estimate of drug-likeness (QED) is 0.911. The van der Waals surface area contributed by atoms with Gasteiger partial charge in [-0.05, 0) is 30.3 Å². The van der Waals surface area contributed by atoms with Crippen LogP contribution in [0.4, 0.5) is 5.69 Å². The lowest BCUT2D eigenvalue weighted by Crippen LogP contribution is -2.17. The third-order valence-electron chi connectivity index (χ3n) is 2.43. The van der Waals surface area contributed by atoms with Gasteiger partial charge in [0.15, 0.2) is 5.69 Å². The molecule has 0 aliphatic carbocycles. The molecule has 1 aromatic heterocycles. The van der Waals surface area contributed by atoms with E-state index in [1.807, 2.05) is 0 Å². The topological polar surface area (TPSA) is 79.3 Å². The first-order chi connectivity index (χ1) is 9.49. The van der Waals surface area contributed by atoms with E-state index in [1.54, 1.807) is 6.07 Å². The van der Waals surface area contributed by atoms with Crippen molar-refractivity contribution in [3.63, 3.8) is 0 Å². The predicted molar refractivity (Wildman–Crippen MR) is 75.6 cm³/mol. The molecule has 0 saturated carbocycles. The van der Waals surface area contributed by atoms with Crippen LogP contribution >= 0.6 is 23.2 Å². The van der Waals surface area contributed by atoms with Gasteiger partial charge in [0.25, 0.3) is 5.91 Å². The molecule has 1 amide bonds. The molecule has 0 radical (unpaired) electrons. The van der Waals surface area contributed by atoms with Crippen molar-refractivity contribution in [2.24, 2.45) is 0 Å². The lowest BCUT2D eigenvalue weighted by atomic mass is 10.1. The van der Waals surface area contributed by atoms with Crippen LogP contribution in [0.1, 0.15) is 20.8 Å². The van der Waals surface area contributed by atoms with Crippen molar-refractivity contribution < 1.29 is 14.7 Å². The van der Waals surface area contributed by atoms with Crippen LogP contribution in [0, 0.1) is 0 Å². The Morgan fingerprint density at radius 2 is 1.95 bits per heavy atom. The maximum Gasteiger partial charge on any atom is 0.355 e. The fourth-order valence-electron chi connectivity index (χ4n) is 1.54. The Labute approximate surface area is 124 Å². The summed E-state index contributed by atoms with van der Waals surface area (Å²) >= 11 is 11.7. The molecule has 0 atom stereocenters. The van der Waals surface area contributed by atoms with Gasteiger partial charge in [-0.2, -0.15) is 0 Å². The SMILES string of the molecule is O=C(Nc1ccc(Cl)cc1Cl)c1cccnc1C(=O)O. The minimum Gasteiger partial charge on any atom is -0.476 e. The number of aromatic carboxylic acids is 1. The Morgan fingerprint density at radius 3 is 2.60 bits per heavy atom. The number of hydrogen-bond donors (Lipinski definition) is 2. The summed E-state index contributed by atoms with van der Waals surface area (Å²) in [6, 6.07) is 7.41. The summed E-state index contributed by atoms with van der Waals surface area (Å²) < 4.78 is 0. The molecular formula is C13H8Cl2N2O3. The molecule has 0 unspecified atom stereocenters. The van der Waals surface area contributed by atoms with E-state index in [-0.39, 0.29) is 16.3 Å². The highest BCUT2D eigenvalue weighted by Crippen LogP contribution is 2.26. The minimum atomic E-state index is -1.28. The van der Waals surface area contributed by atoms with Gasteiger partial charge in [-0.25, -0.2) is 9.78 Å². The molecule has 0 aliphatic heterocycles. The minimum absolute atomic E-state index is 0.0500. The fourth-order valence-corrected chi connectivity index (χ4v) is 2.00. The van der Waals surface area contributed by atoms with Crippen molar-refractivity contribution in [3.8, 4) is 0 Å². The van der Waals surface area contributed by atoms with E-state index in [2.05, 4.69) is 10.3 Å². The van der Waals surface area contributed by atoms with Crippen LogP contribution in [0.5, 0.6) is 0 Å². The zero-order chi connectivity index (χ0) is 14.7. The molecule has 2 N–H and O–H groups in total. The Hall–Kier alpha value is -2.11. The molecule has 102 valence electrons. The zero-order valence-electron chi connectivity index (χ0n) is 9.93. The summed E-state index contributed by atoms with van der Waals surface area (Å²) in [6.07, 6.45) is 1.30. The van der Waals surface area contributed by atoms with Gasteiger partial charge in [-0.3, -0.25) is 4.79 Å². The van der Waals surface area contributed by atoms with E-state index in [4.69, 9.17) is 28.3 Å². The number of carboxylic acids is 1. The normalized spacial score (nSPS) is 10.1. The molecule has 0 aliphatic rings. The standard InChI is InChI=1S/C13H8Cl2N2O3/c14-7-3-4-10(9(15)6-7)17-12(18)8-2-1-5-16-11(8)13(19)20/h1-6H,(H,17,18)(H,19,20). The first kappa shape index (κ1) is 14.3. The second kappa shape index (κ2) is 5.90. The molecule has 1 aromatic carbocycles. The maximum atomic E-state index is 12.1. The number of halogens is 2. The molecule has 20 heavy (non-hydrogen) atoms. The summed E-state index contributed by atoms with van der Waals surface area (Å²) in [5, 5.41) is 12.2. The van der Waals surface area contributed by atoms with Gasteiger partial charge in [-0.15, -0.1) is 0 Å². The first-order valence-corrected chi connectivity index (χ1v) is 6.19. The Bertz CT molecular complexity index is 689. The number of pyridine rings is 1. The highest BCUT2D eigenvalue weighted by molar-refractivity contribution is 6.36. The number of rotatable bonds is 3. The average Bonchev–Trinajstić information content (AvgIpc) is 2.41. The van der Waals surface area contributed by atoms with Crippen molar-refractivity contribution in [1.29, 1.82) is 0 Å². The highest BCUT2D eigenvalue weighted by Gasteiger charge is 2.18. The number of benzene rings is 1. The van der Waals surface area contributed by atoms with Gasteiger partial charge >= 0.3 is 5.97 Å². The van der Waals surface area contributed by atoms with Gasteiger partial charge in [0.05, 0.1) is 16.3 Å². The summed E-state index contributed by atoms with van der Waals surface area (Å²) in [4.78, 5) is 26.7.